The van der Waals surface area contributed by atoms with Gasteiger partial charge in [-0.3, -0.25) is 4.79 Å². The van der Waals surface area contributed by atoms with Crippen LogP contribution in [-0.4, -0.2) is 10.9 Å². The molecule has 0 spiro atoms. The highest BCUT2D eigenvalue weighted by molar-refractivity contribution is 9.10. The number of anilines is 3. The predicted octanol–water partition coefficient (Wildman–Crippen LogP) is 5.49. The molecule has 1 heterocycles. The third-order valence-electron chi connectivity index (χ3n) is 3.26. The first kappa shape index (κ1) is 16.5. The first-order chi connectivity index (χ1) is 11.6. The molecule has 0 bridgehead atoms. The normalized spacial score (nSPS) is 10.2. The van der Waals surface area contributed by atoms with Gasteiger partial charge < -0.3 is 10.6 Å². The van der Waals surface area contributed by atoms with Crippen LogP contribution < -0.4 is 10.6 Å². The van der Waals surface area contributed by atoms with E-state index in [9.17, 15) is 4.79 Å². The number of aromatic nitrogens is 1. The number of hydrogen-bond acceptors (Lipinski definition) is 3. The Balaban J connectivity index is 1.86. The Kier molecular flexibility index (Phi) is 5.13. The Hall–Kier alpha value is -2.37. The average molecular weight is 403 g/mol. The average Bonchev–Trinajstić information content (AvgIpc) is 2.57. The van der Waals surface area contributed by atoms with Crippen LogP contribution in [0.15, 0.2) is 71.3 Å². The number of halogens is 2. The fourth-order valence-electron chi connectivity index (χ4n) is 2.14. The summed E-state index contributed by atoms with van der Waals surface area (Å²) in [5.41, 5.74) is 1.81. The summed E-state index contributed by atoms with van der Waals surface area (Å²) in [6.07, 6.45) is 1.63. The van der Waals surface area contributed by atoms with Crippen molar-refractivity contribution in [3.63, 3.8) is 0 Å². The zero-order valence-corrected chi connectivity index (χ0v) is 14.8. The topological polar surface area (TPSA) is 54.0 Å². The number of nitrogens with one attached hydrogen (secondary N) is 2. The number of carbonyl (C=O) groups is 1. The summed E-state index contributed by atoms with van der Waals surface area (Å²) in [7, 11) is 0. The van der Waals surface area contributed by atoms with Crippen molar-refractivity contribution in [1.29, 1.82) is 0 Å². The van der Waals surface area contributed by atoms with E-state index in [1.54, 1.807) is 30.5 Å². The number of carbonyl (C=O) groups excluding carboxylic acids is 1. The highest BCUT2D eigenvalue weighted by atomic mass is 79.9. The summed E-state index contributed by atoms with van der Waals surface area (Å²) in [5, 5.41) is 6.45. The summed E-state index contributed by atoms with van der Waals surface area (Å²) in [6, 6.07) is 18.1. The maximum Gasteiger partial charge on any atom is 0.259 e. The summed E-state index contributed by atoms with van der Waals surface area (Å²) in [4.78, 5) is 16.9. The van der Waals surface area contributed by atoms with E-state index in [-0.39, 0.29) is 5.91 Å². The quantitative estimate of drug-likeness (QED) is 0.606. The number of pyridine rings is 1. The molecule has 1 amide bonds. The van der Waals surface area contributed by atoms with E-state index in [1.807, 2.05) is 36.4 Å². The maximum absolute atomic E-state index is 12.6. The van der Waals surface area contributed by atoms with Gasteiger partial charge in [-0.2, -0.15) is 0 Å². The molecule has 1 aromatic heterocycles. The van der Waals surface area contributed by atoms with Gasteiger partial charge in [-0.15, -0.1) is 0 Å². The van der Waals surface area contributed by atoms with Crippen LogP contribution in [0.5, 0.6) is 0 Å². The molecular formula is C18H13BrClN3O. The molecule has 0 aliphatic rings. The van der Waals surface area contributed by atoms with Gasteiger partial charge in [-0.1, -0.05) is 45.7 Å². The third-order valence-corrected chi connectivity index (χ3v) is 4.08. The molecule has 0 radical (unpaired) electrons. The number of amides is 1. The molecule has 0 atom stereocenters. The number of hydrogen-bond donors (Lipinski definition) is 2. The second-order valence-electron chi connectivity index (χ2n) is 4.97. The first-order valence-corrected chi connectivity index (χ1v) is 8.34. The monoisotopic (exact) mass is 401 g/mol. The van der Waals surface area contributed by atoms with Gasteiger partial charge >= 0.3 is 0 Å². The lowest BCUT2D eigenvalue weighted by Crippen LogP contribution is -2.14. The van der Waals surface area contributed by atoms with Gasteiger partial charge in [0.05, 0.1) is 16.3 Å². The highest BCUT2D eigenvalue weighted by Gasteiger charge is 2.14. The van der Waals surface area contributed by atoms with Crippen LogP contribution >= 0.6 is 27.5 Å². The second-order valence-corrected chi connectivity index (χ2v) is 6.29. The minimum Gasteiger partial charge on any atom is -0.340 e. The highest BCUT2D eigenvalue weighted by Crippen LogP contribution is 2.24. The smallest absolute Gasteiger partial charge is 0.259 e. The fraction of sp³-hybridized carbons (Fsp3) is 0. The van der Waals surface area contributed by atoms with Gasteiger partial charge in [0.1, 0.15) is 5.82 Å². The lowest BCUT2D eigenvalue weighted by atomic mass is 10.2. The van der Waals surface area contributed by atoms with Crippen LogP contribution in [0.1, 0.15) is 10.4 Å². The predicted molar refractivity (Wildman–Crippen MR) is 101 cm³/mol. The summed E-state index contributed by atoms with van der Waals surface area (Å²) in [5.74, 6) is 0.189. The van der Waals surface area contributed by atoms with Gasteiger partial charge in [-0.25, -0.2) is 4.98 Å². The van der Waals surface area contributed by atoms with E-state index < -0.39 is 0 Å². The van der Waals surface area contributed by atoms with Crippen molar-refractivity contribution in [3.8, 4) is 0 Å². The van der Waals surface area contributed by atoms with E-state index in [1.165, 1.54) is 0 Å². The van der Waals surface area contributed by atoms with Crippen molar-refractivity contribution >= 4 is 50.6 Å². The van der Waals surface area contributed by atoms with Crippen molar-refractivity contribution in [2.75, 3.05) is 10.6 Å². The Morgan fingerprint density at radius 3 is 2.67 bits per heavy atom. The molecule has 3 rings (SSSR count). The van der Waals surface area contributed by atoms with Gasteiger partial charge in [0.15, 0.2) is 0 Å². The van der Waals surface area contributed by atoms with Crippen LogP contribution in [0.2, 0.25) is 5.02 Å². The lowest BCUT2D eigenvalue weighted by Gasteiger charge is -2.12. The molecule has 0 aliphatic heterocycles. The molecule has 0 saturated heterocycles. The molecule has 24 heavy (non-hydrogen) atoms. The first-order valence-electron chi connectivity index (χ1n) is 7.17. The molecule has 0 saturated carbocycles. The fourth-order valence-corrected chi connectivity index (χ4v) is 2.73. The van der Waals surface area contributed by atoms with Gasteiger partial charge in [-0.05, 0) is 42.5 Å². The van der Waals surface area contributed by atoms with Crippen LogP contribution in [0, 0.1) is 0 Å². The number of rotatable bonds is 4. The van der Waals surface area contributed by atoms with Crippen LogP contribution in [0.3, 0.4) is 0 Å². The Labute approximate surface area is 153 Å². The molecule has 2 N–H and O–H groups in total. The van der Waals surface area contributed by atoms with Crippen LogP contribution in [0.4, 0.5) is 17.2 Å². The van der Waals surface area contributed by atoms with Crippen molar-refractivity contribution in [2.45, 2.75) is 0 Å². The lowest BCUT2D eigenvalue weighted by molar-refractivity contribution is 0.102. The minimum absolute atomic E-state index is 0.284. The Bertz CT molecular complexity index is 885. The molecule has 2 aromatic carbocycles. The molecular weight excluding hydrogens is 390 g/mol. The van der Waals surface area contributed by atoms with E-state index in [2.05, 4.69) is 31.5 Å². The minimum atomic E-state index is -0.284. The Morgan fingerprint density at radius 2 is 1.88 bits per heavy atom. The number of benzene rings is 2. The SMILES string of the molecule is O=C(Nc1ccccc1Cl)c1cccnc1Nc1cccc(Br)c1. The molecule has 0 unspecified atom stereocenters. The standard InChI is InChI=1S/C18H13BrClN3O/c19-12-5-3-6-13(11-12)22-17-14(7-4-10-21-17)18(24)23-16-9-2-1-8-15(16)20/h1-11H,(H,21,22)(H,23,24). The number of para-hydroxylation sites is 1. The second kappa shape index (κ2) is 7.47. The molecule has 120 valence electrons. The zero-order valence-electron chi connectivity index (χ0n) is 12.5. The van der Waals surface area contributed by atoms with Crippen molar-refractivity contribution < 1.29 is 4.79 Å². The summed E-state index contributed by atoms with van der Waals surface area (Å²) in [6.45, 7) is 0. The van der Waals surface area contributed by atoms with Crippen molar-refractivity contribution in [2.24, 2.45) is 0 Å². The molecule has 0 fully saturated rings. The zero-order chi connectivity index (χ0) is 16.9. The third kappa shape index (κ3) is 3.93. The van der Waals surface area contributed by atoms with Crippen LogP contribution in [0.25, 0.3) is 0 Å². The molecule has 3 aromatic rings. The van der Waals surface area contributed by atoms with Crippen molar-refractivity contribution in [1.82, 2.24) is 4.98 Å². The van der Waals surface area contributed by atoms with Gasteiger partial charge in [0, 0.05) is 16.4 Å². The number of nitrogens with zero attached hydrogens (tertiary/aromatic N) is 1. The molecule has 4 nitrogen and oxygen atoms in total. The van der Waals surface area contributed by atoms with E-state index in [4.69, 9.17) is 11.6 Å². The van der Waals surface area contributed by atoms with E-state index in [0.717, 1.165) is 10.2 Å². The summed E-state index contributed by atoms with van der Waals surface area (Å²) < 4.78 is 0.936. The van der Waals surface area contributed by atoms with Gasteiger partial charge in [0.2, 0.25) is 0 Å². The molecule has 0 aliphatic carbocycles. The van der Waals surface area contributed by atoms with E-state index >= 15 is 0 Å². The largest absolute Gasteiger partial charge is 0.340 e. The van der Waals surface area contributed by atoms with Crippen LogP contribution in [-0.2, 0) is 0 Å². The van der Waals surface area contributed by atoms with Gasteiger partial charge in [0.25, 0.3) is 5.91 Å². The maximum atomic E-state index is 12.6. The molecule has 6 heteroatoms. The summed E-state index contributed by atoms with van der Waals surface area (Å²) >= 11 is 9.51. The Morgan fingerprint density at radius 1 is 1.04 bits per heavy atom. The van der Waals surface area contributed by atoms with Crippen molar-refractivity contribution in [3.05, 3.63) is 81.9 Å². The van der Waals surface area contributed by atoms with E-state index in [0.29, 0.717) is 22.1 Å².